The minimum Gasteiger partial charge on any atom is -0.710 e. The molecular weight excluding hydrogens is 264 g/mol. The number of aromatic nitrogens is 2. The molecule has 1 N–H and O–H groups in total. The molecular formula is C17H18N2O2. The maximum Gasteiger partial charge on any atom is 0.303 e. The summed E-state index contributed by atoms with van der Waals surface area (Å²) in [5.41, 5.74) is 2.03. The molecule has 4 rings (SSSR count). The van der Waals surface area contributed by atoms with Crippen molar-refractivity contribution < 1.29 is 9.94 Å². The van der Waals surface area contributed by atoms with Gasteiger partial charge in [0.05, 0.1) is 5.92 Å². The molecule has 1 saturated carbocycles. The van der Waals surface area contributed by atoms with Crippen molar-refractivity contribution in [1.29, 1.82) is 0 Å². The third kappa shape index (κ3) is 1.71. The number of fused-ring (bicyclic) bond motifs is 2. The first-order chi connectivity index (χ1) is 10.2. The Morgan fingerprint density at radius 3 is 2.57 bits per heavy atom. The molecule has 0 radical (unpaired) electrons. The van der Waals surface area contributed by atoms with E-state index < -0.39 is 0 Å². The molecule has 4 heteroatoms. The number of benzene rings is 1. The first-order valence-corrected chi connectivity index (χ1v) is 7.44. The van der Waals surface area contributed by atoms with Gasteiger partial charge in [-0.15, -0.1) is 0 Å². The van der Waals surface area contributed by atoms with Gasteiger partial charge in [0.15, 0.2) is 5.69 Å². The Hall–Kier alpha value is -2.23. The summed E-state index contributed by atoms with van der Waals surface area (Å²) in [6.45, 7) is 1.77. The predicted molar refractivity (Wildman–Crippen MR) is 78.8 cm³/mol. The molecule has 2 aromatic rings. The normalized spacial score (nSPS) is 26.6. The van der Waals surface area contributed by atoms with Crippen LogP contribution in [0.1, 0.15) is 30.3 Å². The van der Waals surface area contributed by atoms with Crippen molar-refractivity contribution in [2.45, 2.75) is 25.7 Å². The van der Waals surface area contributed by atoms with Crippen LogP contribution in [0.15, 0.2) is 42.5 Å². The van der Waals surface area contributed by atoms with E-state index in [9.17, 15) is 10.4 Å². The van der Waals surface area contributed by atoms with Crippen molar-refractivity contribution in [2.24, 2.45) is 11.8 Å². The standard InChI is InChI=1S/C17H18N2O2/c1-11-16(13-5-3-2-4-6-13)19(21)17(18(11)20)15-10-12-7-8-14(15)9-12/h2-8,12,14-15,21H,9-10H2,1H3/t12-,14-,15+/m0/s1. The molecule has 1 fully saturated rings. The number of allylic oxidation sites excluding steroid dienone is 2. The topological polar surface area (TPSA) is 52.1 Å². The van der Waals surface area contributed by atoms with Gasteiger partial charge in [-0.25, -0.2) is 4.73 Å². The minimum absolute atomic E-state index is 0.124. The Labute approximate surface area is 123 Å². The molecule has 1 aromatic carbocycles. The Bertz CT molecular complexity index is 718. The Balaban J connectivity index is 1.85. The lowest BCUT2D eigenvalue weighted by atomic mass is 9.93. The molecule has 1 aromatic heterocycles. The highest BCUT2D eigenvalue weighted by atomic mass is 16.5. The molecule has 1 heterocycles. The summed E-state index contributed by atoms with van der Waals surface area (Å²) >= 11 is 0. The van der Waals surface area contributed by atoms with E-state index in [0.717, 1.165) is 27.9 Å². The predicted octanol–water partition coefficient (Wildman–Crippen LogP) is 3.01. The van der Waals surface area contributed by atoms with Gasteiger partial charge in [0.1, 0.15) is 0 Å². The molecule has 108 valence electrons. The molecule has 21 heavy (non-hydrogen) atoms. The molecule has 4 nitrogen and oxygen atoms in total. The van der Waals surface area contributed by atoms with Crippen LogP contribution in [-0.2, 0) is 0 Å². The van der Waals surface area contributed by atoms with Crippen LogP contribution in [0.4, 0.5) is 0 Å². The van der Waals surface area contributed by atoms with Gasteiger partial charge in [-0.05, 0) is 29.4 Å². The van der Waals surface area contributed by atoms with Crippen molar-refractivity contribution in [2.75, 3.05) is 0 Å². The average Bonchev–Trinajstić information content (AvgIpc) is 3.16. The summed E-state index contributed by atoms with van der Waals surface area (Å²) in [6.07, 6.45) is 6.51. The third-order valence-electron chi connectivity index (χ3n) is 4.94. The fraction of sp³-hybridized carbons (Fsp3) is 0.353. The SMILES string of the molecule is Cc1c(-c2ccccc2)n(O)c([C@@H]2C[C@H]3C=C[C@H]2C3)[n+]1[O-]. The van der Waals surface area contributed by atoms with E-state index in [1.807, 2.05) is 30.3 Å². The van der Waals surface area contributed by atoms with Gasteiger partial charge in [-0.1, -0.05) is 42.5 Å². The van der Waals surface area contributed by atoms with Gasteiger partial charge < -0.3 is 10.4 Å². The lowest BCUT2D eigenvalue weighted by Crippen LogP contribution is -2.36. The van der Waals surface area contributed by atoms with Crippen LogP contribution in [-0.4, -0.2) is 9.94 Å². The van der Waals surface area contributed by atoms with Crippen molar-refractivity contribution >= 4 is 0 Å². The second kappa shape index (κ2) is 4.38. The van der Waals surface area contributed by atoms with Crippen LogP contribution in [0.5, 0.6) is 0 Å². The summed E-state index contributed by atoms with van der Waals surface area (Å²) < 4.78 is 2.04. The molecule has 3 atom stereocenters. The van der Waals surface area contributed by atoms with E-state index in [4.69, 9.17) is 0 Å². The zero-order valence-electron chi connectivity index (χ0n) is 11.9. The van der Waals surface area contributed by atoms with Crippen LogP contribution in [0, 0.1) is 24.0 Å². The Morgan fingerprint density at radius 2 is 1.95 bits per heavy atom. The van der Waals surface area contributed by atoms with E-state index >= 15 is 0 Å². The zero-order valence-corrected chi connectivity index (χ0v) is 11.9. The second-order valence-electron chi connectivity index (χ2n) is 6.15. The Kier molecular flexibility index (Phi) is 2.61. The summed E-state index contributed by atoms with van der Waals surface area (Å²) in [7, 11) is 0. The number of imidazole rings is 1. The molecule has 2 aliphatic rings. The Morgan fingerprint density at radius 1 is 1.19 bits per heavy atom. The molecule has 0 saturated heterocycles. The van der Waals surface area contributed by atoms with Crippen molar-refractivity contribution in [3.05, 3.63) is 59.2 Å². The fourth-order valence-corrected chi connectivity index (χ4v) is 3.93. The van der Waals surface area contributed by atoms with Crippen LogP contribution in [0.3, 0.4) is 0 Å². The van der Waals surface area contributed by atoms with E-state index in [0.29, 0.717) is 29.0 Å². The largest absolute Gasteiger partial charge is 0.710 e. The third-order valence-corrected chi connectivity index (χ3v) is 4.94. The van der Waals surface area contributed by atoms with Crippen LogP contribution in [0.25, 0.3) is 11.3 Å². The van der Waals surface area contributed by atoms with E-state index in [-0.39, 0.29) is 5.92 Å². The van der Waals surface area contributed by atoms with Gasteiger partial charge in [-0.3, -0.25) is 0 Å². The highest BCUT2D eigenvalue weighted by molar-refractivity contribution is 5.61. The van der Waals surface area contributed by atoms with Crippen molar-refractivity contribution in [1.82, 2.24) is 4.73 Å². The maximum absolute atomic E-state index is 12.6. The number of nitrogens with zero attached hydrogens (tertiary/aromatic N) is 2. The molecule has 0 spiro atoms. The summed E-state index contributed by atoms with van der Waals surface area (Å²) in [6, 6.07) is 9.59. The molecule has 2 aliphatic carbocycles. The molecule has 2 bridgehead atoms. The molecule has 0 unspecified atom stereocenters. The van der Waals surface area contributed by atoms with E-state index in [2.05, 4.69) is 12.2 Å². The van der Waals surface area contributed by atoms with E-state index in [1.54, 1.807) is 6.92 Å². The van der Waals surface area contributed by atoms with Gasteiger partial charge in [0, 0.05) is 12.5 Å². The first-order valence-electron chi connectivity index (χ1n) is 7.44. The number of hydrogen-bond acceptors (Lipinski definition) is 2. The monoisotopic (exact) mass is 282 g/mol. The number of hydrogen-bond donors (Lipinski definition) is 1. The highest BCUT2D eigenvalue weighted by Crippen LogP contribution is 2.48. The van der Waals surface area contributed by atoms with Crippen LogP contribution in [0.2, 0.25) is 0 Å². The fourth-order valence-electron chi connectivity index (χ4n) is 3.93. The first kappa shape index (κ1) is 12.5. The van der Waals surface area contributed by atoms with Gasteiger partial charge >= 0.3 is 5.82 Å². The number of rotatable bonds is 2. The summed E-state index contributed by atoms with van der Waals surface area (Å²) in [5.74, 6) is 1.57. The molecule has 0 aliphatic heterocycles. The lowest BCUT2D eigenvalue weighted by molar-refractivity contribution is -0.623. The quantitative estimate of drug-likeness (QED) is 0.398. The average molecular weight is 282 g/mol. The van der Waals surface area contributed by atoms with Crippen LogP contribution >= 0.6 is 0 Å². The van der Waals surface area contributed by atoms with Gasteiger partial charge in [0.2, 0.25) is 5.69 Å². The summed E-state index contributed by atoms with van der Waals surface area (Å²) in [4.78, 5) is 0. The molecule has 0 amide bonds. The van der Waals surface area contributed by atoms with E-state index in [1.165, 1.54) is 0 Å². The smallest absolute Gasteiger partial charge is 0.303 e. The highest BCUT2D eigenvalue weighted by Gasteiger charge is 2.44. The van der Waals surface area contributed by atoms with Crippen LogP contribution < -0.4 is 4.73 Å². The van der Waals surface area contributed by atoms with Gasteiger partial charge in [-0.2, -0.15) is 0 Å². The second-order valence-corrected chi connectivity index (χ2v) is 6.15. The lowest BCUT2D eigenvalue weighted by Gasteiger charge is -2.16. The van der Waals surface area contributed by atoms with Crippen molar-refractivity contribution in [3.8, 4) is 11.3 Å². The minimum atomic E-state index is 0.124. The van der Waals surface area contributed by atoms with Gasteiger partial charge in [0.25, 0.3) is 0 Å². The zero-order chi connectivity index (χ0) is 14.6. The summed E-state index contributed by atoms with van der Waals surface area (Å²) in [5, 5.41) is 23.2. The van der Waals surface area contributed by atoms with Crippen molar-refractivity contribution in [3.63, 3.8) is 0 Å². The maximum atomic E-state index is 12.6.